The van der Waals surface area contributed by atoms with E-state index < -0.39 is 5.97 Å². The summed E-state index contributed by atoms with van der Waals surface area (Å²) in [5.41, 5.74) is 0.156. The Balaban J connectivity index is 2.06. The van der Waals surface area contributed by atoms with Crippen LogP contribution in [0.4, 0.5) is 5.95 Å². The van der Waals surface area contributed by atoms with Crippen molar-refractivity contribution in [3.8, 4) is 5.88 Å². The van der Waals surface area contributed by atoms with Crippen molar-refractivity contribution in [2.45, 2.75) is 13.5 Å². The normalized spacial score (nSPS) is 10.2. The van der Waals surface area contributed by atoms with Gasteiger partial charge in [0, 0.05) is 12.3 Å². The first-order valence-corrected chi connectivity index (χ1v) is 5.53. The molecule has 0 fully saturated rings. The summed E-state index contributed by atoms with van der Waals surface area (Å²) in [5, 5.41) is 11.8. The van der Waals surface area contributed by atoms with Crippen LogP contribution in [0.3, 0.4) is 0 Å². The quantitative estimate of drug-likeness (QED) is 0.847. The third kappa shape index (κ3) is 3.01. The number of aromatic carboxylic acids is 1. The molecule has 19 heavy (non-hydrogen) atoms. The van der Waals surface area contributed by atoms with Crippen molar-refractivity contribution in [2.75, 3.05) is 12.4 Å². The fourth-order valence-electron chi connectivity index (χ4n) is 1.55. The Hall–Kier alpha value is -2.57. The van der Waals surface area contributed by atoms with Gasteiger partial charge in [-0.1, -0.05) is 0 Å². The molecule has 100 valence electrons. The van der Waals surface area contributed by atoms with E-state index in [9.17, 15) is 4.79 Å². The van der Waals surface area contributed by atoms with Crippen LogP contribution in [-0.2, 0) is 6.54 Å². The molecule has 0 unspecified atom stereocenters. The van der Waals surface area contributed by atoms with Crippen LogP contribution in [0.1, 0.15) is 21.9 Å². The summed E-state index contributed by atoms with van der Waals surface area (Å²) in [6.45, 7) is 1.90. The molecule has 7 heteroatoms. The zero-order chi connectivity index (χ0) is 13.8. The maximum Gasteiger partial charge on any atom is 0.339 e. The molecule has 2 aromatic heterocycles. The van der Waals surface area contributed by atoms with E-state index in [4.69, 9.17) is 14.3 Å². The zero-order valence-corrected chi connectivity index (χ0v) is 10.5. The van der Waals surface area contributed by atoms with Crippen molar-refractivity contribution in [1.82, 2.24) is 9.97 Å². The molecule has 2 aromatic rings. The molecule has 0 radical (unpaired) electrons. The lowest BCUT2D eigenvalue weighted by molar-refractivity contribution is 0.0695. The monoisotopic (exact) mass is 263 g/mol. The van der Waals surface area contributed by atoms with E-state index in [1.807, 2.05) is 0 Å². The zero-order valence-electron chi connectivity index (χ0n) is 10.5. The molecule has 7 nitrogen and oxygen atoms in total. The SMILES string of the molecule is COc1ccnc(NCc2cc(C(=O)O)c(C)o2)n1. The van der Waals surface area contributed by atoms with Crippen LogP contribution in [0.15, 0.2) is 22.7 Å². The maximum atomic E-state index is 10.9. The van der Waals surface area contributed by atoms with E-state index in [1.54, 1.807) is 19.2 Å². The first kappa shape index (κ1) is 12.9. The van der Waals surface area contributed by atoms with Gasteiger partial charge < -0.3 is 19.6 Å². The number of aromatic nitrogens is 2. The largest absolute Gasteiger partial charge is 0.481 e. The van der Waals surface area contributed by atoms with E-state index in [0.29, 0.717) is 29.9 Å². The van der Waals surface area contributed by atoms with Crippen molar-refractivity contribution in [2.24, 2.45) is 0 Å². The molecule has 0 saturated heterocycles. The lowest BCUT2D eigenvalue weighted by atomic mass is 10.2. The van der Waals surface area contributed by atoms with E-state index in [0.717, 1.165) is 0 Å². The van der Waals surface area contributed by atoms with Gasteiger partial charge in [0.25, 0.3) is 0 Å². The summed E-state index contributed by atoms with van der Waals surface area (Å²) in [4.78, 5) is 18.9. The molecule has 2 N–H and O–H groups in total. The van der Waals surface area contributed by atoms with Crippen LogP contribution in [0.25, 0.3) is 0 Å². The lowest BCUT2D eigenvalue weighted by Gasteiger charge is -2.03. The van der Waals surface area contributed by atoms with Gasteiger partial charge in [-0.25, -0.2) is 9.78 Å². The smallest absolute Gasteiger partial charge is 0.339 e. The van der Waals surface area contributed by atoms with Gasteiger partial charge >= 0.3 is 5.97 Å². The van der Waals surface area contributed by atoms with Crippen LogP contribution < -0.4 is 10.1 Å². The second kappa shape index (κ2) is 5.38. The number of nitrogens with one attached hydrogen (secondary N) is 1. The van der Waals surface area contributed by atoms with Crippen LogP contribution in [0.2, 0.25) is 0 Å². The van der Waals surface area contributed by atoms with Gasteiger partial charge in [0.1, 0.15) is 17.1 Å². The number of hydrogen-bond donors (Lipinski definition) is 2. The Morgan fingerprint density at radius 1 is 1.58 bits per heavy atom. The molecule has 0 amide bonds. The molecule has 2 rings (SSSR count). The van der Waals surface area contributed by atoms with Gasteiger partial charge in [0.2, 0.25) is 11.8 Å². The third-order valence-electron chi connectivity index (χ3n) is 2.46. The van der Waals surface area contributed by atoms with E-state index >= 15 is 0 Å². The fraction of sp³-hybridized carbons (Fsp3) is 0.250. The van der Waals surface area contributed by atoms with E-state index in [-0.39, 0.29) is 5.56 Å². The Morgan fingerprint density at radius 3 is 3.00 bits per heavy atom. The van der Waals surface area contributed by atoms with Crippen LogP contribution in [-0.4, -0.2) is 28.2 Å². The minimum atomic E-state index is -1.01. The average Bonchev–Trinajstić information content (AvgIpc) is 2.78. The van der Waals surface area contributed by atoms with Gasteiger partial charge in [0.05, 0.1) is 13.7 Å². The highest BCUT2D eigenvalue weighted by Crippen LogP contribution is 2.16. The highest BCUT2D eigenvalue weighted by molar-refractivity contribution is 5.88. The molecule has 0 aliphatic rings. The highest BCUT2D eigenvalue weighted by Gasteiger charge is 2.13. The Morgan fingerprint density at radius 2 is 2.37 bits per heavy atom. The van der Waals surface area contributed by atoms with Gasteiger partial charge in [0.15, 0.2) is 0 Å². The summed E-state index contributed by atoms with van der Waals surface area (Å²) in [6.07, 6.45) is 1.56. The van der Waals surface area contributed by atoms with Gasteiger partial charge in [-0.15, -0.1) is 0 Å². The predicted molar refractivity (Wildman–Crippen MR) is 66.3 cm³/mol. The van der Waals surface area contributed by atoms with Crippen molar-refractivity contribution in [3.05, 3.63) is 35.4 Å². The number of nitrogens with zero attached hydrogens (tertiary/aromatic N) is 2. The number of furan rings is 1. The number of carboxylic acids is 1. The second-order valence-corrected chi connectivity index (χ2v) is 3.76. The van der Waals surface area contributed by atoms with Crippen molar-refractivity contribution in [1.29, 1.82) is 0 Å². The molecule has 2 heterocycles. The molecule has 0 saturated carbocycles. The maximum absolute atomic E-state index is 10.9. The van der Waals surface area contributed by atoms with Crippen molar-refractivity contribution < 1.29 is 19.1 Å². The molecule has 0 aliphatic heterocycles. The van der Waals surface area contributed by atoms with Crippen molar-refractivity contribution >= 4 is 11.9 Å². The van der Waals surface area contributed by atoms with E-state index in [1.165, 1.54) is 13.2 Å². The summed E-state index contributed by atoms with van der Waals surface area (Å²) >= 11 is 0. The summed E-state index contributed by atoms with van der Waals surface area (Å²) < 4.78 is 10.3. The number of methoxy groups -OCH3 is 1. The van der Waals surface area contributed by atoms with Crippen LogP contribution in [0, 0.1) is 6.92 Å². The first-order valence-electron chi connectivity index (χ1n) is 5.53. The highest BCUT2D eigenvalue weighted by atomic mass is 16.5. The van der Waals surface area contributed by atoms with Gasteiger partial charge in [-0.05, 0) is 13.0 Å². The second-order valence-electron chi connectivity index (χ2n) is 3.76. The topological polar surface area (TPSA) is 97.5 Å². The van der Waals surface area contributed by atoms with Crippen LogP contribution in [0.5, 0.6) is 5.88 Å². The molecule has 0 atom stereocenters. The molecular weight excluding hydrogens is 250 g/mol. The number of rotatable bonds is 5. The Kier molecular flexibility index (Phi) is 3.65. The predicted octanol–water partition coefficient (Wildman–Crippen LogP) is 1.70. The summed E-state index contributed by atoms with van der Waals surface area (Å²) in [5.74, 6) is 0.687. The number of carboxylic acid groups (broad SMARTS) is 1. The summed E-state index contributed by atoms with van der Waals surface area (Å²) in [7, 11) is 1.52. The number of carbonyl (C=O) groups is 1. The van der Waals surface area contributed by atoms with E-state index in [2.05, 4.69) is 15.3 Å². The summed E-state index contributed by atoms with van der Waals surface area (Å²) in [6, 6.07) is 3.11. The van der Waals surface area contributed by atoms with Crippen molar-refractivity contribution in [3.63, 3.8) is 0 Å². The number of ether oxygens (including phenoxy) is 1. The van der Waals surface area contributed by atoms with Gasteiger partial charge in [-0.2, -0.15) is 4.98 Å². The number of aryl methyl sites for hydroxylation is 1. The van der Waals surface area contributed by atoms with Crippen LogP contribution >= 0.6 is 0 Å². The Labute approximate surface area is 109 Å². The Bertz CT molecular complexity index is 594. The molecule has 0 aliphatic carbocycles. The van der Waals surface area contributed by atoms with Gasteiger partial charge in [-0.3, -0.25) is 0 Å². The number of hydrogen-bond acceptors (Lipinski definition) is 6. The average molecular weight is 263 g/mol. The fourth-order valence-corrected chi connectivity index (χ4v) is 1.55. The third-order valence-corrected chi connectivity index (χ3v) is 2.46. The molecule has 0 spiro atoms. The minimum absolute atomic E-state index is 0.156. The molecule has 0 bridgehead atoms. The molecular formula is C12H13N3O4. The lowest BCUT2D eigenvalue weighted by Crippen LogP contribution is -2.03. The molecule has 0 aromatic carbocycles. The standard InChI is InChI=1S/C12H13N3O4/c1-7-9(11(16)17)5-8(19-7)6-14-12-13-4-3-10(15-12)18-2/h3-5H,6H2,1-2H3,(H,16,17)(H,13,14,15). The minimum Gasteiger partial charge on any atom is -0.481 e. The first-order chi connectivity index (χ1) is 9.10. The number of anilines is 1.